The molecule has 3 heterocycles. The number of carboxylic acids is 1. The second kappa shape index (κ2) is 5.46. The van der Waals surface area contributed by atoms with Crippen molar-refractivity contribution in [1.82, 2.24) is 0 Å². The fourth-order valence-corrected chi connectivity index (χ4v) is 4.43. The SMILES string of the molecule is C=CC[C@@H]1N(c2ccc(OC)cc2)C(=O)[C@@H]2[C@@H](C(=O)O)[C@H]3C=C[C@]21O3. The first-order chi connectivity index (χ1) is 12.0. The monoisotopic (exact) mass is 341 g/mol. The average molecular weight is 341 g/mol. The normalized spacial score (nSPS) is 35.1. The van der Waals surface area contributed by atoms with Crippen LogP contribution in [-0.2, 0) is 14.3 Å². The first kappa shape index (κ1) is 15.9. The highest BCUT2D eigenvalue weighted by Gasteiger charge is 2.71. The molecule has 2 saturated heterocycles. The lowest BCUT2D eigenvalue weighted by molar-refractivity contribution is -0.146. The Kier molecular flexibility index (Phi) is 3.47. The predicted octanol–water partition coefficient (Wildman–Crippen LogP) is 2.01. The second-order valence-corrected chi connectivity index (χ2v) is 6.58. The van der Waals surface area contributed by atoms with Gasteiger partial charge in [-0.15, -0.1) is 6.58 Å². The van der Waals surface area contributed by atoms with Crippen LogP contribution in [0.3, 0.4) is 0 Å². The summed E-state index contributed by atoms with van der Waals surface area (Å²) >= 11 is 0. The van der Waals surface area contributed by atoms with Gasteiger partial charge in [-0.25, -0.2) is 0 Å². The highest BCUT2D eigenvalue weighted by molar-refractivity contribution is 6.03. The van der Waals surface area contributed by atoms with E-state index in [1.54, 1.807) is 48.4 Å². The van der Waals surface area contributed by atoms with Crippen molar-refractivity contribution in [3.05, 3.63) is 49.1 Å². The van der Waals surface area contributed by atoms with Crippen molar-refractivity contribution in [3.63, 3.8) is 0 Å². The van der Waals surface area contributed by atoms with Crippen LogP contribution in [0.15, 0.2) is 49.1 Å². The number of rotatable bonds is 5. The molecule has 1 N–H and O–H groups in total. The zero-order valence-electron chi connectivity index (χ0n) is 13.8. The standard InChI is InChI=1S/C19H19NO5/c1-3-4-14-19-10-9-13(25-19)15(18(22)23)16(19)17(21)20(14)11-5-7-12(24-2)8-6-11/h3,5-10,13-16H,1,4H2,2H3,(H,22,23)/t13-,14+,15+,16+,19-/m1/s1. The number of carbonyl (C=O) groups excluding carboxylic acids is 1. The van der Waals surface area contributed by atoms with Crippen molar-refractivity contribution in [2.75, 3.05) is 12.0 Å². The molecule has 6 heteroatoms. The van der Waals surface area contributed by atoms with Gasteiger partial charge in [0.15, 0.2) is 0 Å². The molecule has 3 aliphatic heterocycles. The number of benzene rings is 1. The molecule has 1 aromatic rings. The lowest BCUT2D eigenvalue weighted by Crippen LogP contribution is -2.45. The fraction of sp³-hybridized carbons (Fsp3) is 0.368. The van der Waals surface area contributed by atoms with Crippen molar-refractivity contribution in [1.29, 1.82) is 0 Å². The number of ether oxygens (including phenoxy) is 2. The van der Waals surface area contributed by atoms with E-state index >= 15 is 0 Å². The molecule has 0 unspecified atom stereocenters. The first-order valence-corrected chi connectivity index (χ1v) is 8.21. The average Bonchev–Trinajstić information content (AvgIpc) is 3.24. The largest absolute Gasteiger partial charge is 0.497 e. The molecule has 6 nitrogen and oxygen atoms in total. The third-order valence-corrected chi connectivity index (χ3v) is 5.45. The van der Waals surface area contributed by atoms with E-state index in [1.807, 2.05) is 6.08 Å². The Morgan fingerprint density at radius 2 is 2.16 bits per heavy atom. The van der Waals surface area contributed by atoms with Crippen LogP contribution >= 0.6 is 0 Å². The van der Waals surface area contributed by atoms with Crippen LogP contribution in [-0.4, -0.2) is 41.8 Å². The number of methoxy groups -OCH3 is 1. The summed E-state index contributed by atoms with van der Waals surface area (Å²) in [6.45, 7) is 3.80. The van der Waals surface area contributed by atoms with Crippen LogP contribution in [0.4, 0.5) is 5.69 Å². The third kappa shape index (κ3) is 2.00. The molecule has 1 aromatic carbocycles. The van der Waals surface area contributed by atoms with Crippen LogP contribution in [0.1, 0.15) is 6.42 Å². The molecule has 130 valence electrons. The summed E-state index contributed by atoms with van der Waals surface area (Å²) in [7, 11) is 1.58. The summed E-state index contributed by atoms with van der Waals surface area (Å²) in [5, 5.41) is 9.62. The van der Waals surface area contributed by atoms with E-state index in [1.165, 1.54) is 0 Å². The van der Waals surface area contributed by atoms with Crippen molar-refractivity contribution in [3.8, 4) is 5.75 Å². The molecule has 2 fully saturated rings. The Morgan fingerprint density at radius 3 is 2.76 bits per heavy atom. The van der Waals surface area contributed by atoms with Crippen LogP contribution in [0.25, 0.3) is 0 Å². The summed E-state index contributed by atoms with van der Waals surface area (Å²) in [5.41, 5.74) is -0.204. The number of hydrogen-bond acceptors (Lipinski definition) is 4. The van der Waals surface area contributed by atoms with Crippen LogP contribution in [0, 0.1) is 11.8 Å². The van der Waals surface area contributed by atoms with E-state index in [9.17, 15) is 14.7 Å². The van der Waals surface area contributed by atoms with Gasteiger partial charge < -0.3 is 19.5 Å². The molecule has 1 amide bonds. The topological polar surface area (TPSA) is 76.1 Å². The van der Waals surface area contributed by atoms with E-state index < -0.39 is 29.5 Å². The number of aliphatic carboxylic acids is 1. The molecule has 3 aliphatic rings. The van der Waals surface area contributed by atoms with Gasteiger partial charge in [-0.05, 0) is 30.7 Å². The highest BCUT2D eigenvalue weighted by Crippen LogP contribution is 2.56. The van der Waals surface area contributed by atoms with Crippen molar-refractivity contribution >= 4 is 17.6 Å². The van der Waals surface area contributed by atoms with E-state index in [4.69, 9.17) is 9.47 Å². The van der Waals surface area contributed by atoms with Gasteiger partial charge in [0, 0.05) is 5.69 Å². The predicted molar refractivity (Wildman–Crippen MR) is 90.4 cm³/mol. The number of nitrogens with zero attached hydrogens (tertiary/aromatic N) is 1. The van der Waals surface area contributed by atoms with Gasteiger partial charge in [0.25, 0.3) is 0 Å². The van der Waals surface area contributed by atoms with Crippen LogP contribution < -0.4 is 9.64 Å². The maximum atomic E-state index is 13.2. The van der Waals surface area contributed by atoms with Crippen molar-refractivity contribution in [2.24, 2.45) is 11.8 Å². The van der Waals surface area contributed by atoms with Crippen LogP contribution in [0.5, 0.6) is 5.75 Å². The smallest absolute Gasteiger partial charge is 0.310 e. The molecule has 4 rings (SSSR count). The molecule has 1 spiro atoms. The molecule has 25 heavy (non-hydrogen) atoms. The van der Waals surface area contributed by atoms with E-state index in [-0.39, 0.29) is 11.9 Å². The van der Waals surface area contributed by atoms with Gasteiger partial charge >= 0.3 is 5.97 Å². The highest BCUT2D eigenvalue weighted by atomic mass is 16.5. The zero-order valence-corrected chi connectivity index (χ0v) is 13.8. The molecule has 2 bridgehead atoms. The molecule has 0 radical (unpaired) electrons. The summed E-state index contributed by atoms with van der Waals surface area (Å²) in [6.07, 6.45) is 5.35. The van der Waals surface area contributed by atoms with Gasteiger partial charge in [-0.2, -0.15) is 0 Å². The van der Waals surface area contributed by atoms with Gasteiger partial charge in [0.1, 0.15) is 17.3 Å². The molecular weight excluding hydrogens is 322 g/mol. The minimum absolute atomic E-state index is 0.212. The summed E-state index contributed by atoms with van der Waals surface area (Å²) in [4.78, 5) is 26.6. The maximum Gasteiger partial charge on any atom is 0.310 e. The van der Waals surface area contributed by atoms with E-state index in [0.29, 0.717) is 17.9 Å². The minimum atomic E-state index is -0.997. The van der Waals surface area contributed by atoms with E-state index in [0.717, 1.165) is 0 Å². The number of fused-ring (bicyclic) bond motifs is 1. The lowest BCUT2D eigenvalue weighted by Gasteiger charge is -2.32. The molecule has 5 atom stereocenters. The summed E-state index contributed by atoms with van der Waals surface area (Å²) in [6, 6.07) is 6.85. The summed E-state index contributed by atoms with van der Waals surface area (Å²) in [5.74, 6) is -2.09. The lowest BCUT2D eigenvalue weighted by atomic mass is 9.74. The van der Waals surface area contributed by atoms with Gasteiger partial charge in [0.2, 0.25) is 5.91 Å². The first-order valence-electron chi connectivity index (χ1n) is 8.21. The van der Waals surface area contributed by atoms with Gasteiger partial charge in [-0.3, -0.25) is 9.59 Å². The zero-order chi connectivity index (χ0) is 17.8. The van der Waals surface area contributed by atoms with Gasteiger partial charge in [0.05, 0.1) is 25.2 Å². The fourth-order valence-electron chi connectivity index (χ4n) is 4.43. The number of anilines is 1. The number of carboxylic acid groups (broad SMARTS) is 1. The third-order valence-electron chi connectivity index (χ3n) is 5.45. The van der Waals surface area contributed by atoms with E-state index in [2.05, 4.69) is 6.58 Å². The quantitative estimate of drug-likeness (QED) is 0.829. The minimum Gasteiger partial charge on any atom is -0.497 e. The summed E-state index contributed by atoms with van der Waals surface area (Å²) < 4.78 is 11.2. The second-order valence-electron chi connectivity index (χ2n) is 6.58. The Balaban J connectivity index is 1.80. The van der Waals surface area contributed by atoms with Crippen molar-refractivity contribution < 1.29 is 24.2 Å². The van der Waals surface area contributed by atoms with Gasteiger partial charge in [-0.1, -0.05) is 18.2 Å². The maximum absolute atomic E-state index is 13.2. The van der Waals surface area contributed by atoms with Crippen molar-refractivity contribution in [2.45, 2.75) is 24.2 Å². The Morgan fingerprint density at radius 1 is 1.44 bits per heavy atom. The Bertz CT molecular complexity index is 771. The number of amides is 1. The number of carbonyl (C=O) groups is 2. The molecular formula is C19H19NO5. The number of hydrogen-bond donors (Lipinski definition) is 1. The Labute approximate surface area is 145 Å². The molecule has 0 aromatic heterocycles. The molecule has 0 aliphatic carbocycles. The Hall–Kier alpha value is -2.60. The molecule has 0 saturated carbocycles. The van der Waals surface area contributed by atoms with Crippen LogP contribution in [0.2, 0.25) is 0 Å².